The van der Waals surface area contributed by atoms with Gasteiger partial charge >= 0.3 is 0 Å². The van der Waals surface area contributed by atoms with Gasteiger partial charge in [0.25, 0.3) is 0 Å². The summed E-state index contributed by atoms with van der Waals surface area (Å²) in [7, 11) is 1.64. The molecule has 0 saturated heterocycles. The molecule has 0 aromatic carbocycles. The molecule has 4 heteroatoms. The maximum atomic E-state index is 5.03. The molecule has 0 radical (unpaired) electrons. The van der Waals surface area contributed by atoms with Gasteiger partial charge in [0, 0.05) is 6.20 Å². The second-order valence-corrected chi connectivity index (χ2v) is 3.43. The number of rotatable bonds is 1. The molecule has 0 aliphatic rings. The van der Waals surface area contributed by atoms with E-state index in [2.05, 4.69) is 43.5 Å². The van der Waals surface area contributed by atoms with Crippen LogP contribution in [0.15, 0.2) is 16.7 Å². The van der Waals surface area contributed by atoms with Crippen LogP contribution in [0.3, 0.4) is 0 Å². The number of aromatic nitrogens is 1. The van der Waals surface area contributed by atoms with Crippen molar-refractivity contribution in [3.05, 3.63) is 20.4 Å². The Balaban J connectivity index is 3.14. The Morgan fingerprint density at radius 3 is 2.90 bits per heavy atom. The van der Waals surface area contributed by atoms with Gasteiger partial charge < -0.3 is 4.74 Å². The highest BCUT2D eigenvalue weighted by Gasteiger charge is 2.02. The molecule has 0 bridgehead atoms. The van der Waals surface area contributed by atoms with Crippen molar-refractivity contribution in [2.45, 2.75) is 0 Å². The average molecular weight is 314 g/mol. The quantitative estimate of drug-likeness (QED) is 0.587. The summed E-state index contributed by atoms with van der Waals surface area (Å²) in [5.74, 6) is 0.819. The third-order valence-corrected chi connectivity index (χ3v) is 3.36. The summed E-state index contributed by atoms with van der Waals surface area (Å²) in [6.45, 7) is 0. The highest BCUT2D eigenvalue weighted by molar-refractivity contribution is 14.1. The molecule has 54 valence electrons. The van der Waals surface area contributed by atoms with E-state index in [1.165, 1.54) is 0 Å². The highest BCUT2D eigenvalue weighted by Crippen LogP contribution is 2.27. The van der Waals surface area contributed by atoms with E-state index in [9.17, 15) is 0 Å². The maximum Gasteiger partial charge on any atom is 0.137 e. The van der Waals surface area contributed by atoms with E-state index >= 15 is 0 Å². The number of pyridine rings is 1. The zero-order valence-corrected chi connectivity index (χ0v) is 9.01. The Morgan fingerprint density at radius 2 is 2.40 bits per heavy atom. The predicted molar refractivity (Wildman–Crippen MR) is 51.2 cm³/mol. The van der Waals surface area contributed by atoms with Crippen LogP contribution in [0.1, 0.15) is 0 Å². The van der Waals surface area contributed by atoms with Gasteiger partial charge in [-0.25, -0.2) is 4.98 Å². The first-order valence-corrected chi connectivity index (χ1v) is 4.47. The fourth-order valence-electron chi connectivity index (χ4n) is 0.560. The van der Waals surface area contributed by atoms with Gasteiger partial charge in [-0.1, -0.05) is 0 Å². The van der Waals surface area contributed by atoms with Crippen molar-refractivity contribution < 1.29 is 4.74 Å². The first kappa shape index (κ1) is 8.26. The van der Waals surface area contributed by atoms with Crippen molar-refractivity contribution in [3.8, 4) is 5.75 Å². The summed E-state index contributed by atoms with van der Waals surface area (Å²) in [4.78, 5) is 4.05. The molecular formula is C6H5BrINO. The standard InChI is InChI=1S/C6H5BrINO/c1-10-4-2-3-9-6(8)5(4)7/h2-3H,1H3. The van der Waals surface area contributed by atoms with Crippen molar-refractivity contribution >= 4 is 38.5 Å². The molecule has 0 fully saturated rings. The van der Waals surface area contributed by atoms with Crippen molar-refractivity contribution in [1.29, 1.82) is 0 Å². The lowest BCUT2D eigenvalue weighted by molar-refractivity contribution is 0.411. The minimum Gasteiger partial charge on any atom is -0.495 e. The van der Waals surface area contributed by atoms with Gasteiger partial charge in [-0.2, -0.15) is 0 Å². The van der Waals surface area contributed by atoms with Crippen LogP contribution in [0.2, 0.25) is 0 Å². The van der Waals surface area contributed by atoms with E-state index in [1.54, 1.807) is 13.3 Å². The van der Waals surface area contributed by atoms with E-state index in [1.807, 2.05) is 6.07 Å². The lowest BCUT2D eigenvalue weighted by Crippen LogP contribution is -1.88. The molecule has 0 amide bonds. The number of ether oxygens (including phenoxy) is 1. The minimum absolute atomic E-state index is 0.819. The lowest BCUT2D eigenvalue weighted by Gasteiger charge is -2.01. The van der Waals surface area contributed by atoms with E-state index in [4.69, 9.17) is 4.74 Å². The zero-order valence-electron chi connectivity index (χ0n) is 5.27. The molecule has 1 aromatic heterocycles. The Hall–Kier alpha value is 0.160. The molecule has 1 aromatic rings. The highest BCUT2D eigenvalue weighted by atomic mass is 127. The van der Waals surface area contributed by atoms with Crippen LogP contribution in [-0.2, 0) is 0 Å². The molecule has 0 N–H and O–H groups in total. The summed E-state index contributed by atoms with van der Waals surface area (Å²) < 4.78 is 6.86. The van der Waals surface area contributed by atoms with Crippen LogP contribution in [0, 0.1) is 3.70 Å². The monoisotopic (exact) mass is 313 g/mol. The molecule has 10 heavy (non-hydrogen) atoms. The van der Waals surface area contributed by atoms with Crippen LogP contribution in [0.5, 0.6) is 5.75 Å². The van der Waals surface area contributed by atoms with Gasteiger partial charge in [-0.3, -0.25) is 0 Å². The molecular weight excluding hydrogens is 309 g/mol. The Morgan fingerprint density at radius 1 is 1.70 bits per heavy atom. The van der Waals surface area contributed by atoms with Crippen LogP contribution in [0.25, 0.3) is 0 Å². The zero-order chi connectivity index (χ0) is 7.56. The van der Waals surface area contributed by atoms with Gasteiger partial charge in [-0.15, -0.1) is 0 Å². The van der Waals surface area contributed by atoms with Crippen LogP contribution >= 0.6 is 38.5 Å². The predicted octanol–water partition coefficient (Wildman–Crippen LogP) is 2.46. The van der Waals surface area contributed by atoms with E-state index in [0.717, 1.165) is 13.9 Å². The fourth-order valence-corrected chi connectivity index (χ4v) is 1.38. The Kier molecular flexibility index (Phi) is 2.91. The first-order valence-electron chi connectivity index (χ1n) is 2.59. The summed E-state index contributed by atoms with van der Waals surface area (Å²) in [5, 5.41) is 0. The SMILES string of the molecule is COc1ccnc(I)c1Br. The maximum absolute atomic E-state index is 5.03. The van der Waals surface area contributed by atoms with Crippen molar-refractivity contribution in [2.24, 2.45) is 0 Å². The molecule has 0 atom stereocenters. The molecule has 0 aliphatic carbocycles. The van der Waals surface area contributed by atoms with Crippen molar-refractivity contribution in [1.82, 2.24) is 4.98 Å². The summed E-state index contributed by atoms with van der Waals surface area (Å²) in [6, 6.07) is 1.81. The first-order chi connectivity index (χ1) is 4.75. The van der Waals surface area contributed by atoms with Gasteiger partial charge in [0.15, 0.2) is 0 Å². The van der Waals surface area contributed by atoms with Gasteiger partial charge in [0.05, 0.1) is 11.6 Å². The molecule has 0 aliphatic heterocycles. The van der Waals surface area contributed by atoms with E-state index < -0.39 is 0 Å². The minimum atomic E-state index is 0.819. The molecule has 1 heterocycles. The second kappa shape index (κ2) is 3.52. The van der Waals surface area contributed by atoms with Crippen molar-refractivity contribution in [2.75, 3.05) is 7.11 Å². The average Bonchev–Trinajstić information content (AvgIpc) is 1.95. The van der Waals surface area contributed by atoms with Gasteiger partial charge in [0.1, 0.15) is 9.45 Å². The third kappa shape index (κ3) is 1.60. The van der Waals surface area contributed by atoms with Crippen LogP contribution < -0.4 is 4.74 Å². The fraction of sp³-hybridized carbons (Fsp3) is 0.167. The number of nitrogens with zero attached hydrogens (tertiary/aromatic N) is 1. The second-order valence-electron chi connectivity index (χ2n) is 1.62. The molecule has 0 saturated carbocycles. The summed E-state index contributed by atoms with van der Waals surface area (Å²) in [6.07, 6.45) is 1.71. The summed E-state index contributed by atoms with van der Waals surface area (Å²) in [5.41, 5.74) is 0. The van der Waals surface area contributed by atoms with Crippen LogP contribution in [0.4, 0.5) is 0 Å². The van der Waals surface area contributed by atoms with Crippen molar-refractivity contribution in [3.63, 3.8) is 0 Å². The smallest absolute Gasteiger partial charge is 0.137 e. The molecule has 2 nitrogen and oxygen atoms in total. The van der Waals surface area contributed by atoms with Gasteiger partial charge in [-0.05, 0) is 44.6 Å². The Bertz CT molecular complexity index is 241. The lowest BCUT2D eigenvalue weighted by atomic mass is 10.5. The normalized spacial score (nSPS) is 9.50. The summed E-state index contributed by atoms with van der Waals surface area (Å²) >= 11 is 5.48. The molecule has 1 rings (SSSR count). The van der Waals surface area contributed by atoms with Crippen LogP contribution in [-0.4, -0.2) is 12.1 Å². The van der Waals surface area contributed by atoms with E-state index in [0.29, 0.717) is 0 Å². The largest absolute Gasteiger partial charge is 0.495 e. The molecule has 0 spiro atoms. The molecule has 0 unspecified atom stereocenters. The number of hydrogen-bond acceptors (Lipinski definition) is 2. The Labute approximate surface area is 81.3 Å². The number of hydrogen-bond donors (Lipinski definition) is 0. The van der Waals surface area contributed by atoms with Gasteiger partial charge in [0.2, 0.25) is 0 Å². The van der Waals surface area contributed by atoms with E-state index in [-0.39, 0.29) is 0 Å². The number of methoxy groups -OCH3 is 1. The topological polar surface area (TPSA) is 22.1 Å². The number of halogens is 2. The third-order valence-electron chi connectivity index (χ3n) is 1.03.